The number of piperazine rings is 2. The maximum atomic E-state index is 14.4. The zero-order valence-electron chi connectivity index (χ0n) is 69.5. The van der Waals surface area contributed by atoms with Crippen LogP contribution in [0.4, 0.5) is 35.9 Å². The predicted molar refractivity (Wildman–Crippen MR) is 472 cm³/mol. The van der Waals surface area contributed by atoms with Gasteiger partial charge in [-0.15, -0.1) is 23.1 Å². The average molecular weight is 1730 g/mol. The Morgan fingerprint density at radius 1 is 0.765 bits per heavy atom. The molecule has 6 atom stereocenters. The number of aliphatic hydroxyl groups is 1. The molecule has 1 aliphatic carbocycles. The summed E-state index contributed by atoms with van der Waals surface area (Å²) in [5.74, 6) is -1.11. The van der Waals surface area contributed by atoms with E-state index in [-0.39, 0.29) is 41.8 Å². The number of hydrogen-bond acceptors (Lipinski definition) is 21. The van der Waals surface area contributed by atoms with E-state index >= 15 is 0 Å². The van der Waals surface area contributed by atoms with Crippen LogP contribution in [-0.4, -0.2) is 243 Å². The third-order valence-electron chi connectivity index (χ3n) is 23.6. The zero-order chi connectivity index (χ0) is 84.7. The molecule has 4 saturated heterocycles. The van der Waals surface area contributed by atoms with Gasteiger partial charge in [0.25, 0.3) is 25.8 Å². The molecule has 1 unspecified atom stereocenters. The number of carbonyl (C=O) groups is 3. The molecule has 4 fully saturated rings. The van der Waals surface area contributed by atoms with Crippen molar-refractivity contribution in [3.8, 4) is 10.4 Å². The number of allylic oxidation sites excluding steroid dienone is 1. The Bertz CT molecular complexity index is 4780. The Morgan fingerprint density at radius 2 is 1.39 bits per heavy atom. The van der Waals surface area contributed by atoms with Crippen LogP contribution in [0.15, 0.2) is 171 Å². The average Bonchev–Trinajstić information content (AvgIpc) is 1.24. The number of sulfonamides is 1. The highest BCUT2D eigenvalue weighted by Crippen LogP contribution is 2.45. The number of ether oxygens (including phenoxy) is 1. The zero-order valence-corrected chi connectivity index (χ0v) is 73.5. The summed E-state index contributed by atoms with van der Waals surface area (Å²) in [6, 6.07) is 41.3. The molecule has 5 aliphatic rings. The van der Waals surface area contributed by atoms with Crippen molar-refractivity contribution < 1.29 is 54.2 Å². The molecule has 3 amide bonds. The molecule has 12 rings (SSSR count). The molecule has 6 N–H and O–H groups in total. The van der Waals surface area contributed by atoms with Crippen molar-refractivity contribution in [1.82, 2.24) is 44.8 Å². The number of thioether (sulfide) groups is 1. The van der Waals surface area contributed by atoms with Gasteiger partial charge in [0.15, 0.2) is 0 Å². The standard InChI is InChI=1S/C89H117ClF3N13O9S4/c1-63(65-17-19-67(20-18-65)82-64(2)96-62-117-82)97-85(109)80-55-75(107)59-106(80)86(110)83(87(3,4)5)95-39-14-9-8-13-38-94-71-27-31-74(32-28-71)104-47-43-102(44-48-104)42-41-100(7)61-88(6)37-35-78(66-21-25-70(90)26-22-66)69(57-88)58-103-45-49-105(50-46-103)73-29-23-68(24-30-73)84(108)99-119(113,114)77-33-34-79(81(56-77)118(111,112)89(91,92)93)98-72(36-40-101-51-53-115-54-52-101)60-116-76-15-11-10-12-16-76/h10-12,15-34,56,62-63,72,75,80,83,94-95,98,107H,8-9,13-14,35-55,57-61H2,1-7H3,(H,97,109)(H,99,108)/t63-,72+,75+,80-,83+,88?/m0/s1. The number of alkyl halides is 3. The number of rotatable bonds is 36. The Labute approximate surface area is 714 Å². The summed E-state index contributed by atoms with van der Waals surface area (Å²) in [6.45, 7) is 27.6. The number of likely N-dealkylation sites (tertiary alicyclic amines) is 1. The smallest absolute Gasteiger partial charge is 0.391 e. The van der Waals surface area contributed by atoms with Crippen LogP contribution in [0.2, 0.25) is 5.02 Å². The molecule has 6 aromatic carbocycles. The second-order valence-electron chi connectivity index (χ2n) is 33.9. The number of sulfone groups is 1. The number of amides is 3. The number of halogens is 4. The summed E-state index contributed by atoms with van der Waals surface area (Å²) in [6.07, 6.45) is 6.79. The number of nitrogens with one attached hydrogen (secondary N) is 5. The number of β-amino-alcohol motifs (C(OH)–C–C–N with tert-alkyl or cyclic N) is 1. The quantitative estimate of drug-likeness (QED) is 0.0158. The molecule has 0 spiro atoms. The van der Waals surface area contributed by atoms with Crippen LogP contribution in [0, 0.1) is 17.8 Å². The minimum atomic E-state index is -6.10. The Kier molecular flexibility index (Phi) is 31.2. The molecule has 22 nitrogen and oxygen atoms in total. The van der Waals surface area contributed by atoms with Gasteiger partial charge in [-0.3, -0.25) is 29.1 Å². The molecular formula is C89H117ClF3N13O9S4. The van der Waals surface area contributed by atoms with Crippen molar-refractivity contribution in [1.29, 1.82) is 0 Å². The maximum absolute atomic E-state index is 14.4. The van der Waals surface area contributed by atoms with Crippen molar-refractivity contribution in [2.24, 2.45) is 10.8 Å². The molecule has 30 heteroatoms. The molecular weight excluding hydrogens is 1620 g/mol. The number of thiazole rings is 1. The van der Waals surface area contributed by atoms with Crippen molar-refractivity contribution in [3.05, 3.63) is 184 Å². The number of hydrogen-bond donors (Lipinski definition) is 6. The lowest BCUT2D eigenvalue weighted by Crippen LogP contribution is -2.56. The van der Waals surface area contributed by atoms with Gasteiger partial charge in [-0.1, -0.05) is 112 Å². The normalized spacial score (nSPS) is 19.7. The van der Waals surface area contributed by atoms with Gasteiger partial charge in [0, 0.05) is 162 Å². The van der Waals surface area contributed by atoms with Crippen molar-refractivity contribution in [2.45, 2.75) is 150 Å². The number of aryl methyl sites for hydroxylation is 1. The molecule has 644 valence electrons. The number of morpholine rings is 1. The van der Waals surface area contributed by atoms with Crippen LogP contribution in [0.3, 0.4) is 0 Å². The summed E-state index contributed by atoms with van der Waals surface area (Å²) in [5, 5.41) is 24.8. The second kappa shape index (κ2) is 41.0. The number of aromatic nitrogens is 1. The minimum absolute atomic E-state index is 0.0174. The lowest BCUT2D eigenvalue weighted by Gasteiger charge is -2.42. The Morgan fingerprint density at radius 3 is 2.03 bits per heavy atom. The number of aliphatic hydroxyl groups excluding tert-OH is 1. The van der Waals surface area contributed by atoms with Crippen LogP contribution in [0.1, 0.15) is 126 Å². The monoisotopic (exact) mass is 1730 g/mol. The van der Waals surface area contributed by atoms with E-state index in [1.54, 1.807) is 28.4 Å². The van der Waals surface area contributed by atoms with E-state index in [1.165, 1.54) is 46.3 Å². The SMILES string of the molecule is Cc1ncsc1-c1ccc([C@H](C)NC(=O)[C@@H]2C[C@@H](O)CN2C(=O)[C@@H](NCCCCCCNc2ccc(N3CCN(CCN(C)CC4(C)CCC(c5ccc(Cl)cc5)=C(CN5CCN(c6ccc(C(=O)NS(=O)(=O)c7ccc(N[C@H](CCN8CCOCC8)CSc8ccccc8)c(S(=O)(=O)C(F)(F)F)c7)cc6)CC5)C4)CC3)cc2)C(C)(C)C)cc1. The fourth-order valence-electron chi connectivity index (χ4n) is 16.8. The maximum Gasteiger partial charge on any atom is 0.501 e. The summed E-state index contributed by atoms with van der Waals surface area (Å²) in [7, 11) is -8.74. The highest BCUT2D eigenvalue weighted by Gasteiger charge is 2.49. The number of benzene rings is 6. The van der Waals surface area contributed by atoms with Crippen LogP contribution < -0.4 is 35.8 Å². The minimum Gasteiger partial charge on any atom is -0.391 e. The van der Waals surface area contributed by atoms with Crippen molar-refractivity contribution in [2.75, 3.05) is 164 Å². The summed E-state index contributed by atoms with van der Waals surface area (Å²) < 4.78 is 105. The lowest BCUT2D eigenvalue weighted by molar-refractivity contribution is -0.142. The third kappa shape index (κ3) is 24.6. The Hall–Kier alpha value is -7.65. The molecule has 0 bridgehead atoms. The first-order valence-electron chi connectivity index (χ1n) is 41.7. The molecule has 4 aliphatic heterocycles. The molecule has 0 radical (unpaired) electrons. The summed E-state index contributed by atoms with van der Waals surface area (Å²) in [4.78, 5) is 62.1. The van der Waals surface area contributed by atoms with E-state index in [4.69, 9.17) is 16.3 Å². The molecule has 1 aromatic heterocycles. The van der Waals surface area contributed by atoms with Gasteiger partial charge in [0.1, 0.15) is 10.9 Å². The van der Waals surface area contributed by atoms with E-state index < -0.39 is 76.4 Å². The third-order valence-corrected chi connectivity index (χ3v) is 28.9. The summed E-state index contributed by atoms with van der Waals surface area (Å²) >= 11 is 9.47. The van der Waals surface area contributed by atoms with Crippen LogP contribution in [0.5, 0.6) is 0 Å². The number of nitrogens with zero attached hydrogens (tertiary/aromatic N) is 8. The van der Waals surface area contributed by atoms with Crippen molar-refractivity contribution >= 4 is 101 Å². The summed E-state index contributed by atoms with van der Waals surface area (Å²) in [5.41, 5.74) is 5.46. The first-order valence-corrected chi connectivity index (χ1v) is 46.9. The number of unbranched alkanes of at least 4 members (excludes halogenated alkanes) is 3. The number of likely N-dealkylation sites (N-methyl/N-ethyl adjacent to an activating group) is 1. The van der Waals surface area contributed by atoms with Crippen molar-refractivity contribution in [3.63, 3.8) is 0 Å². The van der Waals surface area contributed by atoms with Gasteiger partial charge in [-0.2, -0.15) is 13.2 Å². The number of carbonyl (C=O) groups excluding carboxylic acids is 3. The van der Waals surface area contributed by atoms with Gasteiger partial charge in [0.05, 0.1) is 58.1 Å². The van der Waals surface area contributed by atoms with Gasteiger partial charge in [-0.25, -0.2) is 26.5 Å². The van der Waals surface area contributed by atoms with E-state index in [0.29, 0.717) is 75.7 Å². The van der Waals surface area contributed by atoms with Crippen LogP contribution in [-0.2, 0) is 34.2 Å². The van der Waals surface area contributed by atoms with Crippen LogP contribution in [0.25, 0.3) is 16.0 Å². The predicted octanol–water partition coefficient (Wildman–Crippen LogP) is 13.8. The highest BCUT2D eigenvalue weighted by molar-refractivity contribution is 7.99. The van der Waals surface area contributed by atoms with E-state index in [1.807, 2.05) is 112 Å². The van der Waals surface area contributed by atoms with E-state index in [9.17, 15) is 49.5 Å². The molecule has 119 heavy (non-hydrogen) atoms. The Balaban J connectivity index is 0.558. The molecule has 7 aromatic rings. The lowest BCUT2D eigenvalue weighted by atomic mass is 9.71. The highest BCUT2D eigenvalue weighted by atomic mass is 35.5. The fourth-order valence-corrected chi connectivity index (χ4v) is 20.8. The first-order chi connectivity index (χ1) is 56.8. The van der Waals surface area contributed by atoms with Gasteiger partial charge in [0.2, 0.25) is 11.8 Å². The first kappa shape index (κ1) is 90.6. The second-order valence-corrected chi connectivity index (χ2v) is 39.8. The van der Waals surface area contributed by atoms with Gasteiger partial charge in [-0.05, 0) is 190 Å². The van der Waals surface area contributed by atoms with Gasteiger partial charge >= 0.3 is 5.51 Å². The van der Waals surface area contributed by atoms with E-state index in [0.717, 1.165) is 167 Å². The van der Waals surface area contributed by atoms with Gasteiger partial charge < -0.3 is 50.7 Å². The largest absolute Gasteiger partial charge is 0.501 e. The fraction of sp³-hybridized carbons (Fsp3) is 0.506. The molecule has 0 saturated carbocycles. The number of anilines is 4. The topological polar surface area (TPSA) is 245 Å². The van der Waals surface area contributed by atoms with E-state index in [2.05, 4.69) is 106 Å². The molecule has 5 heterocycles. The van der Waals surface area contributed by atoms with Crippen LogP contribution >= 0.6 is 34.7 Å².